The Morgan fingerprint density at radius 1 is 1.07 bits per heavy atom. The Balaban J connectivity index is 1.82. The second kappa shape index (κ2) is 8.39. The van der Waals surface area contributed by atoms with Crippen molar-refractivity contribution in [3.8, 4) is 0 Å². The van der Waals surface area contributed by atoms with Crippen molar-refractivity contribution >= 4 is 21.6 Å². The highest BCUT2D eigenvalue weighted by Crippen LogP contribution is 2.30. The van der Waals surface area contributed by atoms with Crippen LogP contribution in [0.3, 0.4) is 0 Å². The van der Waals surface area contributed by atoms with Crippen molar-refractivity contribution in [1.82, 2.24) is 4.31 Å². The lowest BCUT2D eigenvalue weighted by Gasteiger charge is -2.29. The number of amides is 1. The lowest BCUT2D eigenvalue weighted by Crippen LogP contribution is -2.38. The highest BCUT2D eigenvalue weighted by Gasteiger charge is 2.30. The van der Waals surface area contributed by atoms with Gasteiger partial charge in [-0.05, 0) is 67.6 Å². The summed E-state index contributed by atoms with van der Waals surface area (Å²) in [6.07, 6.45) is -2.90. The zero-order valence-electron chi connectivity index (χ0n) is 16.7. The monoisotopic (exact) mass is 440 g/mol. The molecule has 3 rings (SSSR count). The first-order valence-electron chi connectivity index (χ1n) is 9.58. The lowest BCUT2D eigenvalue weighted by atomic mass is 10.0. The van der Waals surface area contributed by atoms with E-state index in [0.717, 1.165) is 37.1 Å². The number of carbonyl (C=O) groups is 1. The second-order valence-corrected chi connectivity index (χ2v) is 9.53. The molecule has 1 amide bonds. The maximum Gasteiger partial charge on any atom is 0.416 e. The van der Waals surface area contributed by atoms with Gasteiger partial charge in [-0.1, -0.05) is 13.0 Å². The fraction of sp³-hybridized carbons (Fsp3) is 0.381. The van der Waals surface area contributed by atoms with E-state index < -0.39 is 27.7 Å². The van der Waals surface area contributed by atoms with E-state index >= 15 is 0 Å². The lowest BCUT2D eigenvalue weighted by molar-refractivity contribution is -0.137. The molecule has 30 heavy (non-hydrogen) atoms. The molecule has 0 spiro atoms. The first kappa shape index (κ1) is 22.3. The molecule has 1 aliphatic heterocycles. The number of nitrogens with one attached hydrogen (secondary N) is 1. The summed E-state index contributed by atoms with van der Waals surface area (Å²) in [4.78, 5) is 12.7. The van der Waals surface area contributed by atoms with Crippen LogP contribution in [0.25, 0.3) is 0 Å². The fourth-order valence-electron chi connectivity index (χ4n) is 3.32. The summed E-state index contributed by atoms with van der Waals surface area (Å²) in [6, 6.07) is 8.42. The van der Waals surface area contributed by atoms with Crippen LogP contribution in [-0.2, 0) is 16.2 Å². The molecule has 1 fully saturated rings. The van der Waals surface area contributed by atoms with Crippen LogP contribution in [0.5, 0.6) is 0 Å². The summed E-state index contributed by atoms with van der Waals surface area (Å²) in [5.41, 5.74) is 0.0817. The Morgan fingerprint density at radius 2 is 1.67 bits per heavy atom. The number of benzene rings is 2. The van der Waals surface area contributed by atoms with E-state index in [2.05, 4.69) is 12.2 Å². The Morgan fingerprint density at radius 3 is 2.23 bits per heavy atom. The van der Waals surface area contributed by atoms with Crippen molar-refractivity contribution in [2.24, 2.45) is 5.92 Å². The van der Waals surface area contributed by atoms with E-state index in [-0.39, 0.29) is 16.1 Å². The van der Waals surface area contributed by atoms with Crippen LogP contribution in [0.15, 0.2) is 47.4 Å². The standard InChI is InChI=1S/C21H23F3N2O3S/c1-14-9-11-26(12-10-14)30(28,29)18-8-3-15(2)19(13-18)20(27)25-17-6-4-16(5-7-17)21(22,23)24/h3-8,13-14H,9-12H2,1-2H3,(H,25,27). The van der Waals surface area contributed by atoms with Crippen LogP contribution in [0.1, 0.15) is 41.3 Å². The number of aryl methyl sites for hydroxylation is 1. The van der Waals surface area contributed by atoms with Crippen molar-refractivity contribution in [3.05, 3.63) is 59.2 Å². The van der Waals surface area contributed by atoms with Crippen molar-refractivity contribution in [2.75, 3.05) is 18.4 Å². The number of piperidine rings is 1. The van der Waals surface area contributed by atoms with Gasteiger partial charge in [0.1, 0.15) is 0 Å². The van der Waals surface area contributed by atoms with Gasteiger partial charge in [0.2, 0.25) is 10.0 Å². The van der Waals surface area contributed by atoms with Crippen molar-refractivity contribution in [3.63, 3.8) is 0 Å². The highest BCUT2D eigenvalue weighted by molar-refractivity contribution is 7.89. The minimum Gasteiger partial charge on any atom is -0.322 e. The zero-order chi connectivity index (χ0) is 22.1. The molecule has 0 bridgehead atoms. The SMILES string of the molecule is Cc1ccc(S(=O)(=O)N2CCC(C)CC2)cc1C(=O)Nc1ccc(C(F)(F)F)cc1. The van der Waals surface area contributed by atoms with Crippen LogP contribution >= 0.6 is 0 Å². The summed E-state index contributed by atoms with van der Waals surface area (Å²) in [5.74, 6) is -0.115. The van der Waals surface area contributed by atoms with Gasteiger partial charge in [-0.25, -0.2) is 8.42 Å². The molecule has 0 saturated carbocycles. The van der Waals surface area contributed by atoms with Gasteiger partial charge in [-0.15, -0.1) is 0 Å². The van der Waals surface area contributed by atoms with Crippen LogP contribution < -0.4 is 5.32 Å². The van der Waals surface area contributed by atoms with E-state index in [0.29, 0.717) is 24.6 Å². The molecule has 9 heteroatoms. The Kier molecular flexibility index (Phi) is 6.24. The summed E-state index contributed by atoms with van der Waals surface area (Å²) >= 11 is 0. The number of sulfonamides is 1. The minimum atomic E-state index is -4.46. The van der Waals surface area contributed by atoms with Gasteiger partial charge >= 0.3 is 6.18 Å². The molecule has 2 aromatic carbocycles. The van der Waals surface area contributed by atoms with Gasteiger partial charge in [0.25, 0.3) is 5.91 Å². The van der Waals surface area contributed by atoms with Gasteiger partial charge in [0, 0.05) is 24.3 Å². The molecule has 0 radical (unpaired) electrons. The normalized spacial score (nSPS) is 16.4. The molecule has 1 N–H and O–H groups in total. The van der Waals surface area contributed by atoms with E-state index in [1.54, 1.807) is 13.0 Å². The number of anilines is 1. The number of carbonyl (C=O) groups excluding carboxylic acids is 1. The predicted molar refractivity (Wildman–Crippen MR) is 108 cm³/mol. The topological polar surface area (TPSA) is 66.5 Å². The van der Waals surface area contributed by atoms with E-state index in [4.69, 9.17) is 0 Å². The number of halogens is 3. The zero-order valence-corrected chi connectivity index (χ0v) is 17.5. The summed E-state index contributed by atoms with van der Waals surface area (Å²) < 4.78 is 65.4. The first-order chi connectivity index (χ1) is 14.0. The van der Waals surface area contributed by atoms with E-state index in [9.17, 15) is 26.4 Å². The van der Waals surface area contributed by atoms with Gasteiger partial charge in [-0.2, -0.15) is 17.5 Å². The molecule has 2 aromatic rings. The van der Waals surface area contributed by atoms with Gasteiger partial charge < -0.3 is 5.32 Å². The summed E-state index contributed by atoms with van der Waals surface area (Å²) in [5, 5.41) is 2.53. The number of nitrogens with zero attached hydrogens (tertiary/aromatic N) is 1. The third-order valence-corrected chi connectivity index (χ3v) is 7.20. The summed E-state index contributed by atoms with van der Waals surface area (Å²) in [6.45, 7) is 4.62. The van der Waals surface area contributed by atoms with E-state index in [1.807, 2.05) is 0 Å². The number of hydrogen-bond acceptors (Lipinski definition) is 3. The van der Waals surface area contributed by atoms with Crippen LogP contribution in [0.4, 0.5) is 18.9 Å². The molecule has 1 heterocycles. The second-order valence-electron chi connectivity index (χ2n) is 7.59. The molecule has 0 atom stereocenters. The van der Waals surface area contributed by atoms with Crippen molar-refractivity contribution in [1.29, 1.82) is 0 Å². The largest absolute Gasteiger partial charge is 0.416 e. The average molecular weight is 440 g/mol. The molecule has 0 unspecified atom stereocenters. The Labute approximate surface area is 173 Å². The first-order valence-corrected chi connectivity index (χ1v) is 11.0. The average Bonchev–Trinajstić information content (AvgIpc) is 2.68. The van der Waals surface area contributed by atoms with Crippen LogP contribution in [0.2, 0.25) is 0 Å². The molecule has 1 saturated heterocycles. The molecule has 5 nitrogen and oxygen atoms in total. The Bertz CT molecular complexity index is 1030. The van der Waals surface area contributed by atoms with Crippen molar-refractivity contribution in [2.45, 2.75) is 37.8 Å². The maximum atomic E-state index is 13.0. The number of hydrogen-bond donors (Lipinski definition) is 1. The molecular weight excluding hydrogens is 417 g/mol. The minimum absolute atomic E-state index is 0.0280. The number of rotatable bonds is 4. The van der Waals surface area contributed by atoms with Gasteiger partial charge in [0.15, 0.2) is 0 Å². The molecule has 0 aliphatic carbocycles. The molecular formula is C21H23F3N2O3S. The van der Waals surface area contributed by atoms with Crippen molar-refractivity contribution < 1.29 is 26.4 Å². The van der Waals surface area contributed by atoms with Crippen LogP contribution in [0, 0.1) is 12.8 Å². The predicted octanol–water partition coefficient (Wildman–Crippen LogP) is 4.69. The van der Waals surface area contributed by atoms with Gasteiger partial charge in [0.05, 0.1) is 10.5 Å². The Hall–Kier alpha value is -2.39. The maximum absolute atomic E-state index is 13.0. The van der Waals surface area contributed by atoms with Crippen LogP contribution in [-0.4, -0.2) is 31.7 Å². The van der Waals surface area contributed by atoms with Gasteiger partial charge in [-0.3, -0.25) is 4.79 Å². The number of alkyl halides is 3. The summed E-state index contributed by atoms with van der Waals surface area (Å²) in [7, 11) is -3.72. The fourth-order valence-corrected chi connectivity index (χ4v) is 4.82. The molecule has 162 valence electrons. The molecule has 1 aliphatic rings. The van der Waals surface area contributed by atoms with E-state index in [1.165, 1.54) is 16.4 Å². The third-order valence-electron chi connectivity index (χ3n) is 5.30. The third kappa shape index (κ3) is 4.84. The smallest absolute Gasteiger partial charge is 0.322 e. The quantitative estimate of drug-likeness (QED) is 0.750. The highest BCUT2D eigenvalue weighted by atomic mass is 32.2. The molecule has 0 aromatic heterocycles.